The van der Waals surface area contributed by atoms with E-state index in [-0.39, 0.29) is 46.8 Å². The van der Waals surface area contributed by atoms with Gasteiger partial charge in [-0.15, -0.1) is 0 Å². The number of carbonyl (C=O) groups is 1. The standard InChI is InChI=1S/C19H20Cl2N2O6S/c1-27-15-6-5-13(11-17(15)30(25,26)23-7-9-28-10-8-23)22-18(24)12-29-16-4-2-3-14(20)19(16)21/h2-6,11H,7-10,12H2,1H3,(H,22,24). The molecule has 2 aromatic carbocycles. The smallest absolute Gasteiger partial charge is 0.262 e. The third-order valence-electron chi connectivity index (χ3n) is 4.31. The van der Waals surface area contributed by atoms with Crippen molar-refractivity contribution >= 4 is 44.8 Å². The third-order valence-corrected chi connectivity index (χ3v) is 7.03. The van der Waals surface area contributed by atoms with E-state index in [1.54, 1.807) is 24.3 Å². The minimum atomic E-state index is -3.82. The van der Waals surface area contributed by atoms with Crippen LogP contribution in [0.2, 0.25) is 10.0 Å². The first-order valence-electron chi connectivity index (χ1n) is 8.95. The normalized spacial score (nSPS) is 14.9. The Kier molecular flexibility index (Phi) is 7.43. The number of anilines is 1. The number of morpholine rings is 1. The Bertz CT molecular complexity index is 1030. The van der Waals surface area contributed by atoms with Gasteiger partial charge in [-0.25, -0.2) is 8.42 Å². The van der Waals surface area contributed by atoms with Crippen molar-refractivity contribution < 1.29 is 27.4 Å². The molecule has 11 heteroatoms. The van der Waals surface area contributed by atoms with Gasteiger partial charge in [0.05, 0.1) is 25.3 Å². The summed E-state index contributed by atoms with van der Waals surface area (Å²) in [7, 11) is -2.43. The molecule has 0 unspecified atom stereocenters. The number of amides is 1. The summed E-state index contributed by atoms with van der Waals surface area (Å²) < 4.78 is 43.2. The lowest BCUT2D eigenvalue weighted by Crippen LogP contribution is -2.40. The number of ether oxygens (including phenoxy) is 3. The maximum absolute atomic E-state index is 13.0. The van der Waals surface area contributed by atoms with Crippen LogP contribution in [0.4, 0.5) is 5.69 Å². The fraction of sp³-hybridized carbons (Fsp3) is 0.316. The van der Waals surface area contributed by atoms with Crippen molar-refractivity contribution in [1.29, 1.82) is 0 Å². The van der Waals surface area contributed by atoms with Gasteiger partial charge in [-0.3, -0.25) is 4.79 Å². The lowest BCUT2D eigenvalue weighted by molar-refractivity contribution is -0.118. The lowest BCUT2D eigenvalue weighted by atomic mass is 10.3. The Morgan fingerprint density at radius 3 is 2.60 bits per heavy atom. The number of hydrogen-bond donors (Lipinski definition) is 1. The Balaban J connectivity index is 1.74. The van der Waals surface area contributed by atoms with Gasteiger partial charge in [-0.1, -0.05) is 29.3 Å². The molecule has 0 saturated carbocycles. The van der Waals surface area contributed by atoms with Crippen LogP contribution in [0.3, 0.4) is 0 Å². The van der Waals surface area contributed by atoms with Gasteiger partial charge in [0, 0.05) is 18.8 Å². The molecule has 1 fully saturated rings. The van der Waals surface area contributed by atoms with E-state index in [0.29, 0.717) is 18.2 Å². The molecule has 0 aliphatic carbocycles. The molecule has 1 saturated heterocycles. The second-order valence-electron chi connectivity index (χ2n) is 6.27. The van der Waals surface area contributed by atoms with Gasteiger partial charge in [-0.05, 0) is 30.3 Å². The summed E-state index contributed by atoms with van der Waals surface area (Å²) >= 11 is 12.0. The van der Waals surface area contributed by atoms with Crippen LogP contribution in [0.5, 0.6) is 11.5 Å². The second kappa shape index (κ2) is 9.84. The predicted molar refractivity (Wildman–Crippen MR) is 113 cm³/mol. The molecule has 0 atom stereocenters. The number of methoxy groups -OCH3 is 1. The number of rotatable bonds is 7. The van der Waals surface area contributed by atoms with Crippen LogP contribution in [0.15, 0.2) is 41.3 Å². The van der Waals surface area contributed by atoms with Gasteiger partial charge >= 0.3 is 0 Å². The van der Waals surface area contributed by atoms with Crippen LogP contribution in [0.1, 0.15) is 0 Å². The number of nitrogens with zero attached hydrogens (tertiary/aromatic N) is 1. The molecule has 1 heterocycles. The molecule has 1 N–H and O–H groups in total. The van der Waals surface area contributed by atoms with Gasteiger partial charge in [0.25, 0.3) is 5.91 Å². The molecule has 0 radical (unpaired) electrons. The summed E-state index contributed by atoms with van der Waals surface area (Å²) in [5, 5.41) is 3.12. The van der Waals surface area contributed by atoms with Gasteiger partial charge in [0.1, 0.15) is 21.4 Å². The molecule has 2 aromatic rings. The topological polar surface area (TPSA) is 94.2 Å². The third kappa shape index (κ3) is 5.16. The van der Waals surface area contributed by atoms with Crippen molar-refractivity contribution in [2.24, 2.45) is 0 Å². The molecular formula is C19H20Cl2N2O6S. The van der Waals surface area contributed by atoms with Crippen LogP contribution in [0.25, 0.3) is 0 Å². The molecule has 1 aliphatic heterocycles. The van der Waals surface area contributed by atoms with Crippen molar-refractivity contribution in [2.45, 2.75) is 4.90 Å². The molecule has 162 valence electrons. The van der Waals surface area contributed by atoms with E-state index in [0.717, 1.165) is 0 Å². The Hall–Kier alpha value is -2.04. The van der Waals surface area contributed by atoms with Crippen LogP contribution < -0.4 is 14.8 Å². The van der Waals surface area contributed by atoms with E-state index >= 15 is 0 Å². The van der Waals surface area contributed by atoms with E-state index < -0.39 is 15.9 Å². The molecular weight excluding hydrogens is 455 g/mol. The van der Waals surface area contributed by atoms with E-state index in [1.807, 2.05) is 0 Å². The van der Waals surface area contributed by atoms with Crippen molar-refractivity contribution in [2.75, 3.05) is 45.3 Å². The maximum Gasteiger partial charge on any atom is 0.262 e. The number of halogens is 2. The number of benzene rings is 2. The zero-order valence-electron chi connectivity index (χ0n) is 16.1. The molecule has 1 aliphatic rings. The quantitative estimate of drug-likeness (QED) is 0.662. The fourth-order valence-corrected chi connectivity index (χ4v) is 4.75. The summed E-state index contributed by atoms with van der Waals surface area (Å²) in [6, 6.07) is 9.22. The van der Waals surface area contributed by atoms with Crippen molar-refractivity contribution in [1.82, 2.24) is 4.31 Å². The van der Waals surface area contributed by atoms with Crippen LogP contribution in [-0.2, 0) is 19.6 Å². The van der Waals surface area contributed by atoms with Crippen LogP contribution >= 0.6 is 23.2 Å². The SMILES string of the molecule is COc1ccc(NC(=O)COc2cccc(Cl)c2Cl)cc1S(=O)(=O)N1CCOCC1. The van der Waals surface area contributed by atoms with Crippen molar-refractivity contribution in [3.05, 3.63) is 46.4 Å². The van der Waals surface area contributed by atoms with Crippen molar-refractivity contribution in [3.63, 3.8) is 0 Å². The number of nitrogens with one attached hydrogen (secondary N) is 1. The molecule has 0 bridgehead atoms. The average Bonchev–Trinajstić information content (AvgIpc) is 2.75. The van der Waals surface area contributed by atoms with E-state index in [9.17, 15) is 13.2 Å². The first-order chi connectivity index (χ1) is 14.3. The highest BCUT2D eigenvalue weighted by atomic mass is 35.5. The minimum absolute atomic E-state index is 0.0384. The largest absolute Gasteiger partial charge is 0.495 e. The first kappa shape index (κ1) is 22.6. The molecule has 3 rings (SSSR count). The van der Waals surface area contributed by atoms with Crippen molar-refractivity contribution in [3.8, 4) is 11.5 Å². The predicted octanol–water partition coefficient (Wildman–Crippen LogP) is 3.04. The Morgan fingerprint density at radius 2 is 1.90 bits per heavy atom. The number of hydrogen-bond acceptors (Lipinski definition) is 6. The Labute approximate surface area is 184 Å². The van der Waals surface area contributed by atoms with Gasteiger partial charge in [-0.2, -0.15) is 4.31 Å². The van der Waals surface area contributed by atoms with Crippen LogP contribution in [-0.4, -0.2) is 58.7 Å². The summed E-state index contributed by atoms with van der Waals surface area (Å²) in [5.41, 5.74) is 0.286. The molecule has 1 amide bonds. The summed E-state index contributed by atoms with van der Waals surface area (Å²) in [6.45, 7) is 0.799. The van der Waals surface area contributed by atoms with E-state index in [1.165, 1.54) is 23.5 Å². The first-order valence-corrected chi connectivity index (χ1v) is 11.1. The monoisotopic (exact) mass is 474 g/mol. The summed E-state index contributed by atoms with van der Waals surface area (Å²) in [5.74, 6) is -0.0444. The lowest BCUT2D eigenvalue weighted by Gasteiger charge is -2.26. The highest BCUT2D eigenvalue weighted by molar-refractivity contribution is 7.89. The maximum atomic E-state index is 13.0. The molecule has 0 spiro atoms. The minimum Gasteiger partial charge on any atom is -0.495 e. The summed E-state index contributed by atoms with van der Waals surface area (Å²) in [4.78, 5) is 12.2. The highest BCUT2D eigenvalue weighted by Crippen LogP contribution is 2.32. The van der Waals surface area contributed by atoms with Crippen LogP contribution in [0, 0.1) is 0 Å². The van der Waals surface area contributed by atoms with Gasteiger partial charge in [0.15, 0.2) is 6.61 Å². The van der Waals surface area contributed by atoms with E-state index in [2.05, 4.69) is 5.32 Å². The number of sulfonamides is 1. The average molecular weight is 475 g/mol. The highest BCUT2D eigenvalue weighted by Gasteiger charge is 2.29. The van der Waals surface area contributed by atoms with Gasteiger partial charge in [0.2, 0.25) is 10.0 Å². The Morgan fingerprint density at radius 1 is 1.17 bits per heavy atom. The fourth-order valence-electron chi connectivity index (χ4n) is 2.82. The summed E-state index contributed by atoms with van der Waals surface area (Å²) in [6.07, 6.45) is 0. The zero-order chi connectivity index (χ0) is 21.7. The number of carbonyl (C=O) groups excluding carboxylic acids is 1. The molecule has 8 nitrogen and oxygen atoms in total. The molecule has 30 heavy (non-hydrogen) atoms. The molecule has 0 aromatic heterocycles. The second-order valence-corrected chi connectivity index (χ2v) is 8.96. The zero-order valence-corrected chi connectivity index (χ0v) is 18.4. The van der Waals surface area contributed by atoms with Gasteiger partial charge < -0.3 is 19.5 Å². The van der Waals surface area contributed by atoms with E-state index in [4.69, 9.17) is 37.4 Å².